The largest absolute Gasteiger partial charge is 0.593 e. The molecule has 42 heavy (non-hydrogen) atoms. The van der Waals surface area contributed by atoms with Gasteiger partial charge in [0.25, 0.3) is 10.5 Å². The Balaban J connectivity index is 1.31. The Morgan fingerprint density at radius 2 is 1.45 bits per heavy atom. The van der Waals surface area contributed by atoms with Crippen molar-refractivity contribution < 1.29 is 26.5 Å². The van der Waals surface area contributed by atoms with E-state index >= 15 is 0 Å². The van der Waals surface area contributed by atoms with Gasteiger partial charge in [-0.15, -0.1) is 4.72 Å². The van der Waals surface area contributed by atoms with E-state index in [9.17, 15) is 22.3 Å². The highest BCUT2D eigenvalue weighted by Gasteiger charge is 2.34. The average molecular weight is 608 g/mol. The summed E-state index contributed by atoms with van der Waals surface area (Å²) in [5.74, 6) is -0.284. The Kier molecular flexibility index (Phi) is 9.04. The summed E-state index contributed by atoms with van der Waals surface area (Å²) >= 11 is 0. The molecule has 2 aromatic carbocycles. The van der Waals surface area contributed by atoms with Crippen LogP contribution in [0.15, 0.2) is 113 Å². The number of carbonyl (C=O) groups is 1. The number of carbonyl (C=O) groups excluding carboxylic acids is 1. The van der Waals surface area contributed by atoms with Crippen molar-refractivity contribution in [2.45, 2.75) is 22.3 Å². The van der Waals surface area contributed by atoms with Gasteiger partial charge in [-0.1, -0.05) is 38.7 Å². The Labute approximate surface area is 246 Å². The summed E-state index contributed by atoms with van der Waals surface area (Å²) < 4.78 is 59.2. The first kappa shape index (κ1) is 29.5. The van der Waals surface area contributed by atoms with Gasteiger partial charge in [0.1, 0.15) is 6.04 Å². The molecule has 1 N–H and O–H groups in total. The highest BCUT2D eigenvalue weighted by atomic mass is 32.3. The first-order valence-electron chi connectivity index (χ1n) is 13.2. The zero-order valence-electron chi connectivity index (χ0n) is 22.5. The number of hydrogen-bond donors (Lipinski definition) is 1. The summed E-state index contributed by atoms with van der Waals surface area (Å²) in [5, 5.41) is 0. The van der Waals surface area contributed by atoms with Gasteiger partial charge in [0.2, 0.25) is 10.8 Å². The van der Waals surface area contributed by atoms with Gasteiger partial charge in [-0.25, -0.2) is 0 Å². The molecule has 1 aliphatic heterocycles. The van der Waals surface area contributed by atoms with Crippen molar-refractivity contribution in [1.82, 2.24) is 19.6 Å². The second-order valence-electron chi connectivity index (χ2n) is 9.58. The first-order valence-corrected chi connectivity index (χ1v) is 16.0. The number of anilines is 1. The van der Waals surface area contributed by atoms with Crippen molar-refractivity contribution in [2.24, 2.45) is 0 Å². The van der Waals surface area contributed by atoms with Gasteiger partial charge in [-0.3, -0.25) is 18.9 Å². The van der Waals surface area contributed by atoms with E-state index in [1.807, 2.05) is 30.3 Å². The number of amides is 1. The van der Waals surface area contributed by atoms with Crippen LogP contribution in [0.4, 0.5) is 5.69 Å². The number of sulfonamides is 1. The third-order valence-corrected chi connectivity index (χ3v) is 9.43. The minimum atomic E-state index is -4.08. The van der Waals surface area contributed by atoms with E-state index in [1.165, 1.54) is 61.2 Å². The molecular weight excluding hydrogens is 578 g/mol. The average Bonchev–Trinajstić information content (AvgIpc) is 3.02. The summed E-state index contributed by atoms with van der Waals surface area (Å²) in [6.45, 7) is 2.07. The zero-order valence-corrected chi connectivity index (χ0v) is 24.1. The molecule has 0 bridgehead atoms. The van der Waals surface area contributed by atoms with Crippen LogP contribution in [-0.4, -0.2) is 62.1 Å². The molecule has 1 aliphatic rings. The lowest BCUT2D eigenvalue weighted by molar-refractivity contribution is -0.133. The van der Waals surface area contributed by atoms with E-state index in [4.69, 9.17) is 4.18 Å². The standard InChI is InChI=1S/C29H29N5O6S2/c35-29(34-18-16-33(17-19-34)24-6-2-1-3-7-24)28(32-41(36,37)26-8-4-14-30-21-26)20-23-10-12-25(13-11-23)40-42(38,39)27-9-5-15-31-22-27/h1-15,21-22,28H,16-20H2,(H-2,32,36,37,38,39)/t28-/m0/s1. The quantitative estimate of drug-likeness (QED) is 0.268. The van der Waals surface area contributed by atoms with E-state index < -0.39 is 26.9 Å². The van der Waals surface area contributed by atoms with Crippen LogP contribution >= 0.6 is 0 Å². The molecule has 11 nitrogen and oxygen atoms in total. The summed E-state index contributed by atoms with van der Waals surface area (Å²) in [5.41, 5.74) is 1.67. The van der Waals surface area contributed by atoms with Gasteiger partial charge >= 0.3 is 0 Å². The van der Waals surface area contributed by atoms with Crippen molar-refractivity contribution in [3.05, 3.63) is 109 Å². The minimum absolute atomic E-state index is 0.0346. The van der Waals surface area contributed by atoms with Crippen molar-refractivity contribution >= 4 is 32.5 Å². The molecule has 2 unspecified atom stereocenters. The number of pyridine rings is 2. The Morgan fingerprint density at radius 3 is 2.05 bits per heavy atom. The van der Waals surface area contributed by atoms with Crippen LogP contribution in [0.1, 0.15) is 5.56 Å². The molecule has 3 atom stereocenters. The predicted octanol–water partition coefficient (Wildman–Crippen LogP) is 2.91. The van der Waals surface area contributed by atoms with Crippen molar-refractivity contribution in [1.29, 1.82) is 0 Å². The lowest BCUT2D eigenvalue weighted by Gasteiger charge is -2.37. The fourth-order valence-corrected chi connectivity index (χ4v) is 6.62. The number of rotatable bonds is 10. The van der Waals surface area contributed by atoms with Gasteiger partial charge in [-0.2, -0.15) is 0 Å². The van der Waals surface area contributed by atoms with Crippen molar-refractivity contribution in [3.63, 3.8) is 0 Å². The third-order valence-electron chi connectivity index (χ3n) is 6.75. The minimum Gasteiger partial charge on any atom is -0.593 e. The fourth-order valence-electron chi connectivity index (χ4n) is 4.57. The van der Waals surface area contributed by atoms with E-state index in [0.717, 1.165) is 5.69 Å². The van der Waals surface area contributed by atoms with Gasteiger partial charge < -0.3 is 18.9 Å². The van der Waals surface area contributed by atoms with Gasteiger partial charge in [-0.05, 0) is 48.0 Å². The number of nitrogens with one attached hydrogen (secondary N) is 1. The maximum absolute atomic E-state index is 13.7. The van der Waals surface area contributed by atoms with Crippen LogP contribution in [0.3, 0.4) is 0 Å². The molecule has 2 aromatic heterocycles. The lowest BCUT2D eigenvalue weighted by Crippen LogP contribution is -2.56. The molecule has 3 heterocycles. The number of hydrogen-bond acceptors (Lipinski definition) is 9. The van der Waals surface area contributed by atoms with Crippen LogP contribution in [0.5, 0.6) is 5.75 Å². The smallest absolute Gasteiger partial charge is 0.270 e. The first-order chi connectivity index (χ1) is 20.2. The maximum atomic E-state index is 13.7. The molecule has 13 heteroatoms. The Hall–Kier alpha value is -4.01. The van der Waals surface area contributed by atoms with Crippen LogP contribution in [0, 0.1) is 0 Å². The van der Waals surface area contributed by atoms with Crippen molar-refractivity contribution in [3.8, 4) is 5.75 Å². The van der Waals surface area contributed by atoms with E-state index in [2.05, 4.69) is 19.6 Å². The molecule has 1 fully saturated rings. The molecule has 218 valence electrons. The van der Waals surface area contributed by atoms with E-state index in [-0.39, 0.29) is 27.9 Å². The number of aromatic nitrogens is 2. The predicted molar refractivity (Wildman–Crippen MR) is 156 cm³/mol. The fraction of sp³-hybridized carbons (Fsp3) is 0.207. The summed E-state index contributed by atoms with van der Waals surface area (Å²) in [6, 6.07) is 20.7. The second-order valence-corrected chi connectivity index (χ2v) is 12.8. The van der Waals surface area contributed by atoms with Gasteiger partial charge in [0, 0.05) is 56.7 Å². The summed E-state index contributed by atoms with van der Waals surface area (Å²) in [6.07, 6.45) is 5.36. The topological polar surface area (TPSA) is 151 Å². The zero-order chi connectivity index (χ0) is 29.6. The monoisotopic (exact) mass is 607 g/mol. The second kappa shape index (κ2) is 12.9. The highest BCUT2D eigenvalue weighted by molar-refractivity contribution is 7.95. The lowest BCUT2D eigenvalue weighted by atomic mass is 10.0. The molecule has 0 saturated carbocycles. The molecule has 0 radical (unpaired) electrons. The van der Waals surface area contributed by atoms with Crippen LogP contribution in [-0.2, 0) is 40.5 Å². The normalized spacial score (nSPS) is 17.1. The van der Waals surface area contributed by atoms with Gasteiger partial charge in [0.15, 0.2) is 21.0 Å². The van der Waals surface area contributed by atoms with Crippen LogP contribution < -0.4 is 13.8 Å². The molecule has 4 aromatic rings. The Bertz CT molecular complexity index is 1570. The Morgan fingerprint density at radius 1 is 0.833 bits per heavy atom. The number of benzene rings is 2. The molecule has 1 amide bonds. The molecule has 0 spiro atoms. The van der Waals surface area contributed by atoms with E-state index in [0.29, 0.717) is 31.7 Å². The number of nitrogens with zero attached hydrogens (tertiary/aromatic N) is 4. The molecule has 0 aliphatic carbocycles. The maximum Gasteiger partial charge on any atom is 0.270 e. The summed E-state index contributed by atoms with van der Waals surface area (Å²) in [7, 11) is -8.14. The highest BCUT2D eigenvalue weighted by Crippen LogP contribution is 2.24. The van der Waals surface area contributed by atoms with Crippen LogP contribution in [0.25, 0.3) is 0 Å². The van der Waals surface area contributed by atoms with Crippen molar-refractivity contribution in [2.75, 3.05) is 31.1 Å². The number of piperazine rings is 1. The third kappa shape index (κ3) is 7.24. The van der Waals surface area contributed by atoms with E-state index in [1.54, 1.807) is 17.0 Å². The summed E-state index contributed by atoms with van der Waals surface area (Å²) in [4.78, 5) is 25.1. The molecular formula is C29H29N5O6S2. The molecule has 1 saturated heterocycles. The SMILES string of the molecule is O=C([C@H](Cc1ccc(O[S+](=O)([O-])c2cccnc2)cc1)N[S+](=O)([O-])c1cccnc1)N1CCN(c2ccccc2)CC1. The number of para-hydroxylation sites is 1. The van der Waals surface area contributed by atoms with Gasteiger partial charge in [0.05, 0.1) is 12.4 Å². The molecule has 5 rings (SSSR count). The van der Waals surface area contributed by atoms with Crippen LogP contribution in [0.2, 0.25) is 0 Å².